The highest BCUT2D eigenvalue weighted by Gasteiger charge is 2.10. The highest BCUT2D eigenvalue weighted by atomic mass is 32.2. The quantitative estimate of drug-likeness (QED) is 0.779. The molecule has 1 aromatic rings. The molecule has 0 aromatic heterocycles. The predicted molar refractivity (Wildman–Crippen MR) is 79.4 cm³/mol. The van der Waals surface area contributed by atoms with Gasteiger partial charge < -0.3 is 9.84 Å². The standard InChI is InChI=1S/C15H19FO4S/c1-2-10-21(18,19)11-9-20-15-7-6-14(16)12-13(15)5-3-4-8-17/h6-7,12,17H,2,4,8-11H2,1H3. The van der Waals surface area contributed by atoms with Crippen LogP contribution in [0.1, 0.15) is 25.3 Å². The zero-order valence-corrected chi connectivity index (χ0v) is 12.7. The molecule has 1 N–H and O–H groups in total. The van der Waals surface area contributed by atoms with Gasteiger partial charge in [-0.05, 0) is 24.6 Å². The molecule has 0 aliphatic carbocycles. The fourth-order valence-corrected chi connectivity index (χ4v) is 2.79. The third-order valence-electron chi connectivity index (χ3n) is 2.57. The molecule has 0 radical (unpaired) electrons. The van der Waals surface area contributed by atoms with E-state index in [0.29, 0.717) is 17.7 Å². The van der Waals surface area contributed by atoms with Crippen LogP contribution >= 0.6 is 0 Å². The second-order valence-corrected chi connectivity index (χ2v) is 6.72. The highest BCUT2D eigenvalue weighted by molar-refractivity contribution is 7.91. The van der Waals surface area contributed by atoms with E-state index in [2.05, 4.69) is 11.8 Å². The molecule has 0 saturated carbocycles. The van der Waals surface area contributed by atoms with Gasteiger partial charge in [-0.2, -0.15) is 0 Å². The Hall–Kier alpha value is -1.58. The van der Waals surface area contributed by atoms with E-state index in [4.69, 9.17) is 9.84 Å². The lowest BCUT2D eigenvalue weighted by atomic mass is 10.2. The van der Waals surface area contributed by atoms with Crippen LogP contribution in [0.2, 0.25) is 0 Å². The maximum absolute atomic E-state index is 13.2. The van der Waals surface area contributed by atoms with E-state index in [-0.39, 0.29) is 31.1 Å². The molecule has 0 saturated heterocycles. The molecule has 0 aliphatic rings. The number of halogens is 1. The Morgan fingerprint density at radius 1 is 1.33 bits per heavy atom. The fraction of sp³-hybridized carbons (Fsp3) is 0.467. The average Bonchev–Trinajstić information content (AvgIpc) is 2.41. The van der Waals surface area contributed by atoms with Gasteiger partial charge in [-0.25, -0.2) is 12.8 Å². The van der Waals surface area contributed by atoms with Crippen molar-refractivity contribution in [2.75, 3.05) is 24.7 Å². The molecule has 1 rings (SSSR count). The Balaban J connectivity index is 2.73. The smallest absolute Gasteiger partial charge is 0.153 e. The van der Waals surface area contributed by atoms with E-state index in [0.717, 1.165) is 0 Å². The van der Waals surface area contributed by atoms with Crippen molar-refractivity contribution in [1.82, 2.24) is 0 Å². The molecular formula is C15H19FO4S. The van der Waals surface area contributed by atoms with Gasteiger partial charge >= 0.3 is 0 Å². The van der Waals surface area contributed by atoms with Crippen LogP contribution in [0.4, 0.5) is 4.39 Å². The Bertz CT molecular complexity index is 614. The first kappa shape index (κ1) is 17.5. The van der Waals surface area contributed by atoms with Crippen LogP contribution in [0.15, 0.2) is 18.2 Å². The maximum atomic E-state index is 13.2. The van der Waals surface area contributed by atoms with Crippen molar-refractivity contribution >= 4 is 9.84 Å². The molecule has 116 valence electrons. The number of aliphatic hydroxyl groups is 1. The van der Waals surface area contributed by atoms with Crippen molar-refractivity contribution < 1.29 is 22.7 Å². The van der Waals surface area contributed by atoms with Crippen LogP contribution in [-0.4, -0.2) is 38.2 Å². The lowest BCUT2D eigenvalue weighted by molar-refractivity contribution is 0.305. The van der Waals surface area contributed by atoms with Crippen LogP contribution in [0.3, 0.4) is 0 Å². The first-order valence-corrected chi connectivity index (χ1v) is 8.53. The Morgan fingerprint density at radius 2 is 2.10 bits per heavy atom. The second kappa shape index (κ2) is 8.65. The molecule has 1 aromatic carbocycles. The van der Waals surface area contributed by atoms with E-state index in [1.54, 1.807) is 6.92 Å². The lowest BCUT2D eigenvalue weighted by Gasteiger charge is -2.08. The number of sulfone groups is 1. The summed E-state index contributed by atoms with van der Waals surface area (Å²) in [4.78, 5) is 0. The van der Waals surface area contributed by atoms with Gasteiger partial charge in [0, 0.05) is 6.42 Å². The lowest BCUT2D eigenvalue weighted by Crippen LogP contribution is -2.17. The SMILES string of the molecule is CCCS(=O)(=O)CCOc1ccc(F)cc1C#CCCO. The first-order valence-electron chi connectivity index (χ1n) is 6.71. The summed E-state index contributed by atoms with van der Waals surface area (Å²) in [6.45, 7) is 1.73. The molecular weight excluding hydrogens is 295 g/mol. The van der Waals surface area contributed by atoms with Crippen molar-refractivity contribution in [3.05, 3.63) is 29.6 Å². The van der Waals surface area contributed by atoms with Crippen molar-refractivity contribution in [2.24, 2.45) is 0 Å². The number of hydrogen-bond donors (Lipinski definition) is 1. The molecule has 0 heterocycles. The number of aliphatic hydroxyl groups excluding tert-OH is 1. The van der Waals surface area contributed by atoms with Crippen molar-refractivity contribution in [3.63, 3.8) is 0 Å². The fourth-order valence-electron chi connectivity index (χ4n) is 1.63. The van der Waals surface area contributed by atoms with E-state index in [1.807, 2.05) is 0 Å². The van der Waals surface area contributed by atoms with Gasteiger partial charge in [0.15, 0.2) is 9.84 Å². The number of rotatable bonds is 7. The van der Waals surface area contributed by atoms with Crippen LogP contribution in [0.25, 0.3) is 0 Å². The van der Waals surface area contributed by atoms with E-state index >= 15 is 0 Å². The zero-order chi connectivity index (χ0) is 15.7. The highest BCUT2D eigenvalue weighted by Crippen LogP contribution is 2.19. The minimum Gasteiger partial charge on any atom is -0.491 e. The summed E-state index contributed by atoms with van der Waals surface area (Å²) in [5, 5.41) is 8.68. The maximum Gasteiger partial charge on any atom is 0.153 e. The van der Waals surface area contributed by atoms with Crippen LogP contribution in [-0.2, 0) is 9.84 Å². The molecule has 21 heavy (non-hydrogen) atoms. The zero-order valence-electron chi connectivity index (χ0n) is 11.9. The van der Waals surface area contributed by atoms with Crippen molar-refractivity contribution in [3.8, 4) is 17.6 Å². The Kier molecular flexibility index (Phi) is 7.20. The van der Waals surface area contributed by atoms with E-state index in [1.165, 1.54) is 18.2 Å². The second-order valence-electron chi connectivity index (χ2n) is 4.42. The first-order chi connectivity index (χ1) is 9.98. The van der Waals surface area contributed by atoms with Gasteiger partial charge in [0.2, 0.25) is 0 Å². The topological polar surface area (TPSA) is 63.6 Å². The normalized spacial score (nSPS) is 10.8. The van der Waals surface area contributed by atoms with Crippen molar-refractivity contribution in [2.45, 2.75) is 19.8 Å². The van der Waals surface area contributed by atoms with Gasteiger partial charge in [-0.15, -0.1) is 0 Å². The third kappa shape index (κ3) is 6.61. The summed E-state index contributed by atoms with van der Waals surface area (Å²) in [6.07, 6.45) is 0.845. The summed E-state index contributed by atoms with van der Waals surface area (Å²) >= 11 is 0. The minimum atomic E-state index is -3.11. The number of ether oxygens (including phenoxy) is 1. The van der Waals surface area contributed by atoms with Gasteiger partial charge in [-0.3, -0.25) is 0 Å². The largest absolute Gasteiger partial charge is 0.491 e. The van der Waals surface area contributed by atoms with Gasteiger partial charge in [0.1, 0.15) is 18.2 Å². The molecule has 4 nitrogen and oxygen atoms in total. The van der Waals surface area contributed by atoms with Crippen molar-refractivity contribution in [1.29, 1.82) is 0 Å². The number of benzene rings is 1. The van der Waals surface area contributed by atoms with Gasteiger partial charge in [-0.1, -0.05) is 18.8 Å². The molecule has 0 atom stereocenters. The summed E-state index contributed by atoms with van der Waals surface area (Å²) in [5.74, 6) is 5.32. The summed E-state index contributed by atoms with van der Waals surface area (Å²) in [6, 6.07) is 3.87. The van der Waals surface area contributed by atoms with E-state index in [9.17, 15) is 12.8 Å². The predicted octanol–water partition coefficient (Wildman–Crippen LogP) is 1.76. The van der Waals surface area contributed by atoms with Crippen LogP contribution in [0.5, 0.6) is 5.75 Å². The summed E-state index contributed by atoms with van der Waals surface area (Å²) in [7, 11) is -3.11. The van der Waals surface area contributed by atoms with E-state index < -0.39 is 15.7 Å². The molecule has 0 spiro atoms. The van der Waals surface area contributed by atoms with Crippen LogP contribution < -0.4 is 4.74 Å². The summed E-state index contributed by atoms with van der Waals surface area (Å²) < 4.78 is 41.7. The third-order valence-corrected chi connectivity index (χ3v) is 4.39. The molecule has 0 amide bonds. The average molecular weight is 314 g/mol. The monoisotopic (exact) mass is 314 g/mol. The Labute approximate surface area is 124 Å². The molecule has 0 bridgehead atoms. The van der Waals surface area contributed by atoms with Gasteiger partial charge in [0.25, 0.3) is 0 Å². The molecule has 6 heteroatoms. The minimum absolute atomic E-state index is 0.00262. The molecule has 0 fully saturated rings. The van der Waals surface area contributed by atoms with Gasteiger partial charge in [0.05, 0.1) is 23.7 Å². The Morgan fingerprint density at radius 3 is 2.76 bits per heavy atom. The van der Waals surface area contributed by atoms with Crippen LogP contribution in [0, 0.1) is 17.7 Å². The number of hydrogen-bond acceptors (Lipinski definition) is 4. The molecule has 0 unspecified atom stereocenters. The summed E-state index contributed by atoms with van der Waals surface area (Å²) in [5.41, 5.74) is 0.344. The molecule has 0 aliphatic heterocycles.